The van der Waals surface area contributed by atoms with Gasteiger partial charge in [0.2, 0.25) is 0 Å². The fraction of sp³-hybridized carbons (Fsp3) is 0.0625. The van der Waals surface area contributed by atoms with Crippen molar-refractivity contribution in [3.8, 4) is 0 Å². The Bertz CT molecular complexity index is 831. The summed E-state index contributed by atoms with van der Waals surface area (Å²) < 4.78 is 0. The van der Waals surface area contributed by atoms with Crippen molar-refractivity contribution in [3.63, 3.8) is 0 Å². The van der Waals surface area contributed by atoms with Gasteiger partial charge in [-0.15, -0.1) is 0 Å². The molecule has 0 spiro atoms. The Morgan fingerprint density at radius 2 is 2.05 bits per heavy atom. The largest absolute Gasteiger partial charge is 0.478 e. The summed E-state index contributed by atoms with van der Waals surface area (Å²) in [4.78, 5) is 19.6. The van der Waals surface area contributed by atoms with Crippen LogP contribution >= 0.6 is 0 Å². The summed E-state index contributed by atoms with van der Waals surface area (Å²) in [5, 5.41) is 13.2. The number of rotatable bonds is 3. The van der Waals surface area contributed by atoms with Gasteiger partial charge in [0.15, 0.2) is 0 Å². The predicted octanol–water partition coefficient (Wildman–Crippen LogP) is 3.38. The van der Waals surface area contributed by atoms with Crippen molar-refractivity contribution in [2.24, 2.45) is 0 Å². The number of anilines is 2. The van der Waals surface area contributed by atoms with Gasteiger partial charge in [0.1, 0.15) is 5.82 Å². The Labute approximate surface area is 121 Å². The number of benzene rings is 1. The Kier molecular flexibility index (Phi) is 3.23. The lowest BCUT2D eigenvalue weighted by Crippen LogP contribution is -2.02. The first-order valence-corrected chi connectivity index (χ1v) is 6.45. The molecule has 104 valence electrons. The van der Waals surface area contributed by atoms with Crippen LogP contribution in [0.15, 0.2) is 48.7 Å². The van der Waals surface area contributed by atoms with Crippen LogP contribution in [0.1, 0.15) is 16.1 Å². The molecule has 2 aromatic heterocycles. The maximum absolute atomic E-state index is 11.1. The van der Waals surface area contributed by atoms with E-state index in [-0.39, 0.29) is 5.56 Å². The fourth-order valence-corrected chi connectivity index (χ4v) is 2.16. The zero-order valence-electron chi connectivity index (χ0n) is 11.4. The quantitative estimate of drug-likeness (QED) is 0.768. The molecule has 0 radical (unpaired) electrons. The number of carbonyl (C=O) groups is 1. The molecule has 0 bridgehead atoms. The highest BCUT2D eigenvalue weighted by molar-refractivity contribution is 5.89. The van der Waals surface area contributed by atoms with Gasteiger partial charge in [-0.3, -0.25) is 4.98 Å². The van der Waals surface area contributed by atoms with E-state index in [2.05, 4.69) is 15.3 Å². The second-order valence-electron chi connectivity index (χ2n) is 4.72. The fourth-order valence-electron chi connectivity index (χ4n) is 2.16. The van der Waals surface area contributed by atoms with Crippen LogP contribution in [0.4, 0.5) is 11.5 Å². The Morgan fingerprint density at radius 3 is 2.86 bits per heavy atom. The van der Waals surface area contributed by atoms with Gasteiger partial charge >= 0.3 is 5.97 Å². The van der Waals surface area contributed by atoms with Gasteiger partial charge in [-0.05, 0) is 43.3 Å². The number of hydrogen-bond donors (Lipinski definition) is 2. The highest BCUT2D eigenvalue weighted by atomic mass is 16.4. The second-order valence-corrected chi connectivity index (χ2v) is 4.72. The van der Waals surface area contributed by atoms with Crippen molar-refractivity contribution in [3.05, 3.63) is 59.9 Å². The summed E-state index contributed by atoms with van der Waals surface area (Å²) in [6.07, 6.45) is 1.75. The molecule has 3 rings (SSSR count). The number of aryl methyl sites for hydroxylation is 1. The highest BCUT2D eigenvalue weighted by Gasteiger charge is 2.07. The summed E-state index contributed by atoms with van der Waals surface area (Å²) in [6.45, 7) is 1.77. The number of hydrogen-bond acceptors (Lipinski definition) is 4. The van der Waals surface area contributed by atoms with Gasteiger partial charge < -0.3 is 10.4 Å². The molecule has 0 unspecified atom stereocenters. The summed E-state index contributed by atoms with van der Waals surface area (Å²) in [5.74, 6) is -0.457. The number of nitrogens with one attached hydrogen (secondary N) is 1. The number of carboxylic acid groups (broad SMARTS) is 1. The first-order valence-electron chi connectivity index (χ1n) is 6.45. The molecule has 2 heterocycles. The van der Waals surface area contributed by atoms with Crippen molar-refractivity contribution in [2.45, 2.75) is 6.92 Å². The minimum atomic E-state index is -0.966. The first kappa shape index (κ1) is 13.1. The molecule has 0 saturated heterocycles. The lowest BCUT2D eigenvalue weighted by Gasteiger charge is -2.08. The van der Waals surface area contributed by atoms with Gasteiger partial charge in [-0.25, -0.2) is 9.78 Å². The predicted molar refractivity (Wildman–Crippen MR) is 81.0 cm³/mol. The van der Waals surface area contributed by atoms with Gasteiger partial charge in [0, 0.05) is 23.0 Å². The summed E-state index contributed by atoms with van der Waals surface area (Å²) >= 11 is 0. The van der Waals surface area contributed by atoms with E-state index in [0.29, 0.717) is 11.5 Å². The summed E-state index contributed by atoms with van der Waals surface area (Å²) in [7, 11) is 0. The van der Waals surface area contributed by atoms with Crippen molar-refractivity contribution >= 4 is 28.4 Å². The van der Waals surface area contributed by atoms with E-state index in [9.17, 15) is 4.79 Å². The van der Waals surface area contributed by atoms with Crippen LogP contribution in [-0.4, -0.2) is 21.0 Å². The van der Waals surface area contributed by atoms with Crippen molar-refractivity contribution in [2.75, 3.05) is 5.32 Å². The van der Waals surface area contributed by atoms with E-state index in [4.69, 9.17) is 5.11 Å². The van der Waals surface area contributed by atoms with Crippen LogP contribution in [0.3, 0.4) is 0 Å². The van der Waals surface area contributed by atoms with Crippen LogP contribution in [0, 0.1) is 6.92 Å². The molecule has 0 amide bonds. The normalized spacial score (nSPS) is 10.5. The highest BCUT2D eigenvalue weighted by Crippen LogP contribution is 2.21. The third-order valence-electron chi connectivity index (χ3n) is 3.08. The first-order chi connectivity index (χ1) is 10.1. The third-order valence-corrected chi connectivity index (χ3v) is 3.08. The average molecular weight is 279 g/mol. The minimum absolute atomic E-state index is 0.215. The molecule has 0 atom stereocenters. The molecule has 0 aliphatic rings. The maximum atomic E-state index is 11.1. The lowest BCUT2D eigenvalue weighted by molar-refractivity contribution is 0.0696. The Balaban J connectivity index is 1.96. The third kappa shape index (κ3) is 2.81. The lowest BCUT2D eigenvalue weighted by atomic mass is 10.2. The topological polar surface area (TPSA) is 75.1 Å². The smallest absolute Gasteiger partial charge is 0.335 e. The number of aromatic carboxylic acids is 1. The van der Waals surface area contributed by atoms with Crippen LogP contribution in [-0.2, 0) is 0 Å². The molecular formula is C16H13N3O2. The molecular weight excluding hydrogens is 266 g/mol. The summed E-state index contributed by atoms with van der Waals surface area (Å²) in [6, 6.07) is 12.7. The van der Waals surface area contributed by atoms with Crippen molar-refractivity contribution < 1.29 is 9.90 Å². The van der Waals surface area contributed by atoms with E-state index in [1.165, 1.54) is 12.1 Å². The second kappa shape index (κ2) is 5.20. The average Bonchev–Trinajstić information content (AvgIpc) is 2.46. The van der Waals surface area contributed by atoms with Crippen molar-refractivity contribution in [1.29, 1.82) is 0 Å². The van der Waals surface area contributed by atoms with Crippen molar-refractivity contribution in [1.82, 2.24) is 9.97 Å². The number of nitrogens with zero attached hydrogens (tertiary/aromatic N) is 2. The molecule has 0 saturated carbocycles. The van der Waals surface area contributed by atoms with Crippen LogP contribution in [0.25, 0.3) is 10.9 Å². The molecule has 5 heteroatoms. The van der Waals surface area contributed by atoms with Gasteiger partial charge in [0.05, 0.1) is 11.1 Å². The standard InChI is InChI=1S/C16H13N3O2/c1-10-7-12(16(20)21)9-15(18-10)19-13-4-5-14-11(8-13)3-2-6-17-14/h2-9H,1H3,(H,18,19)(H,20,21). The molecule has 0 aliphatic heterocycles. The zero-order chi connectivity index (χ0) is 14.8. The van der Waals surface area contributed by atoms with E-state index in [0.717, 1.165) is 16.6 Å². The van der Waals surface area contributed by atoms with Crippen LogP contribution in [0.5, 0.6) is 0 Å². The minimum Gasteiger partial charge on any atom is -0.478 e. The van der Waals surface area contributed by atoms with Gasteiger partial charge in [-0.2, -0.15) is 0 Å². The molecule has 5 nitrogen and oxygen atoms in total. The monoisotopic (exact) mass is 279 g/mol. The number of pyridine rings is 2. The number of fused-ring (bicyclic) bond motifs is 1. The Morgan fingerprint density at radius 1 is 1.19 bits per heavy atom. The number of carboxylic acids is 1. The molecule has 0 aliphatic carbocycles. The maximum Gasteiger partial charge on any atom is 0.335 e. The molecule has 3 aromatic rings. The summed E-state index contributed by atoms with van der Waals surface area (Å²) in [5.41, 5.74) is 2.61. The molecule has 2 N–H and O–H groups in total. The van der Waals surface area contributed by atoms with E-state index in [1.54, 1.807) is 13.1 Å². The SMILES string of the molecule is Cc1cc(C(=O)O)cc(Nc2ccc3ncccc3c2)n1. The van der Waals surface area contributed by atoms with Gasteiger partial charge in [0.25, 0.3) is 0 Å². The zero-order valence-corrected chi connectivity index (χ0v) is 11.4. The Hall–Kier alpha value is -2.95. The molecule has 21 heavy (non-hydrogen) atoms. The van der Waals surface area contributed by atoms with Crippen LogP contribution < -0.4 is 5.32 Å². The van der Waals surface area contributed by atoms with E-state index >= 15 is 0 Å². The van der Waals surface area contributed by atoms with E-state index < -0.39 is 5.97 Å². The molecule has 0 fully saturated rings. The van der Waals surface area contributed by atoms with Gasteiger partial charge in [-0.1, -0.05) is 6.07 Å². The number of aromatic nitrogens is 2. The van der Waals surface area contributed by atoms with Crippen LogP contribution in [0.2, 0.25) is 0 Å². The van der Waals surface area contributed by atoms with E-state index in [1.807, 2.05) is 30.3 Å². The molecule has 1 aromatic carbocycles.